The number of nitrogens with one attached hydrogen (secondary N) is 1. The Morgan fingerprint density at radius 3 is 2.33 bits per heavy atom. The number of aliphatic carboxylic acids is 1. The lowest BCUT2D eigenvalue weighted by molar-refractivity contribution is -0.136. The lowest BCUT2D eigenvalue weighted by Gasteiger charge is -2.31. The second-order valence-electron chi connectivity index (χ2n) is 11.2. The normalized spacial score (nSPS) is 15.0. The SMILES string of the molecule is CN(C[C@H](O)CNC(C)(C)CC1Cc2ccccc2C1)S(=O)(=O)c1ccc(-c2ccc(CCC(=O)O)cc2)s1. The fraction of sp³-hybridized carbons (Fsp3) is 0.433. The Morgan fingerprint density at radius 2 is 1.72 bits per heavy atom. The van der Waals surface area contributed by atoms with Crippen molar-refractivity contribution in [2.75, 3.05) is 20.1 Å². The molecule has 0 unspecified atom stereocenters. The van der Waals surface area contributed by atoms with Crippen LogP contribution in [0, 0.1) is 5.92 Å². The number of fused-ring (bicyclic) bond motifs is 1. The van der Waals surface area contributed by atoms with Crippen molar-refractivity contribution in [1.82, 2.24) is 9.62 Å². The van der Waals surface area contributed by atoms with Gasteiger partial charge in [0.05, 0.1) is 6.10 Å². The average molecular weight is 571 g/mol. The van der Waals surface area contributed by atoms with Crippen molar-refractivity contribution in [1.29, 1.82) is 0 Å². The average Bonchev–Trinajstić information content (AvgIpc) is 3.54. The van der Waals surface area contributed by atoms with Crippen LogP contribution < -0.4 is 5.32 Å². The number of carboxylic acids is 1. The van der Waals surface area contributed by atoms with Gasteiger partial charge in [0.15, 0.2) is 0 Å². The van der Waals surface area contributed by atoms with E-state index in [1.165, 1.54) is 33.8 Å². The van der Waals surface area contributed by atoms with E-state index in [0.717, 1.165) is 35.3 Å². The van der Waals surface area contributed by atoms with Crippen molar-refractivity contribution in [3.8, 4) is 10.4 Å². The first kappa shape index (κ1) is 29.4. The number of likely N-dealkylation sites (N-methyl/N-ethyl adjacent to an activating group) is 1. The zero-order valence-electron chi connectivity index (χ0n) is 22.8. The molecule has 0 saturated heterocycles. The number of carboxylic acid groups (broad SMARTS) is 1. The summed E-state index contributed by atoms with van der Waals surface area (Å²) >= 11 is 1.18. The Balaban J connectivity index is 1.29. The summed E-state index contributed by atoms with van der Waals surface area (Å²) in [6.07, 6.45) is 2.80. The van der Waals surface area contributed by atoms with Gasteiger partial charge < -0.3 is 15.5 Å². The molecule has 0 aliphatic heterocycles. The molecule has 1 aliphatic rings. The second-order valence-corrected chi connectivity index (χ2v) is 14.5. The zero-order valence-corrected chi connectivity index (χ0v) is 24.4. The molecule has 1 aliphatic carbocycles. The van der Waals surface area contributed by atoms with Crippen LogP contribution in [-0.2, 0) is 34.1 Å². The monoisotopic (exact) mass is 570 g/mol. The molecule has 1 aromatic heterocycles. The summed E-state index contributed by atoms with van der Waals surface area (Å²) in [5, 5.41) is 23.0. The van der Waals surface area contributed by atoms with Crippen molar-refractivity contribution in [3.05, 3.63) is 77.4 Å². The van der Waals surface area contributed by atoms with E-state index in [4.69, 9.17) is 5.11 Å². The summed E-state index contributed by atoms with van der Waals surface area (Å²) in [5.41, 5.74) is 4.46. The van der Waals surface area contributed by atoms with Gasteiger partial charge in [0.1, 0.15) is 4.21 Å². The van der Waals surface area contributed by atoms with Gasteiger partial charge in [-0.05, 0) is 79.8 Å². The number of thiophene rings is 1. The number of sulfonamides is 1. The lowest BCUT2D eigenvalue weighted by atomic mass is 9.88. The van der Waals surface area contributed by atoms with Gasteiger partial charge in [0, 0.05) is 37.0 Å². The van der Waals surface area contributed by atoms with E-state index in [2.05, 4.69) is 43.4 Å². The molecule has 1 heterocycles. The van der Waals surface area contributed by atoms with Crippen molar-refractivity contribution in [3.63, 3.8) is 0 Å². The third kappa shape index (κ3) is 7.77. The van der Waals surface area contributed by atoms with E-state index < -0.39 is 22.1 Å². The molecule has 0 radical (unpaired) electrons. The number of benzene rings is 2. The molecule has 2 aromatic carbocycles. The number of hydrogen-bond acceptors (Lipinski definition) is 6. The van der Waals surface area contributed by atoms with Crippen LogP contribution in [0.4, 0.5) is 0 Å². The number of carbonyl (C=O) groups is 1. The summed E-state index contributed by atoms with van der Waals surface area (Å²) in [7, 11) is -2.26. The van der Waals surface area contributed by atoms with E-state index in [1.54, 1.807) is 12.1 Å². The Morgan fingerprint density at radius 1 is 1.08 bits per heavy atom. The molecular formula is C30H38N2O5S2. The van der Waals surface area contributed by atoms with Crippen LogP contribution >= 0.6 is 11.3 Å². The Labute approximate surface area is 235 Å². The van der Waals surface area contributed by atoms with Crippen LogP contribution in [0.1, 0.15) is 43.4 Å². The minimum absolute atomic E-state index is 0.00814. The third-order valence-corrected chi connectivity index (χ3v) is 10.8. The number of hydrogen-bond donors (Lipinski definition) is 3. The van der Waals surface area contributed by atoms with E-state index in [-0.39, 0.29) is 22.7 Å². The number of rotatable bonds is 13. The van der Waals surface area contributed by atoms with E-state index in [9.17, 15) is 18.3 Å². The molecular weight excluding hydrogens is 532 g/mol. The summed E-state index contributed by atoms with van der Waals surface area (Å²) in [6, 6.07) is 19.5. The number of aryl methyl sites for hydroxylation is 1. The maximum absolute atomic E-state index is 13.2. The largest absolute Gasteiger partial charge is 0.481 e. The predicted molar refractivity (Wildman–Crippen MR) is 156 cm³/mol. The van der Waals surface area contributed by atoms with Gasteiger partial charge in [-0.1, -0.05) is 48.5 Å². The van der Waals surface area contributed by atoms with Gasteiger partial charge >= 0.3 is 5.97 Å². The third-order valence-electron chi connectivity index (χ3n) is 7.33. The standard InChI is InChI=1S/C30H38N2O5S2/c1-30(2,18-22-16-24-6-4-5-7-25(24)17-22)31-19-26(33)20-32(3)39(36,37)29-15-13-27(38-29)23-11-8-21(9-12-23)10-14-28(34)35/h4-9,11-13,15,22,26,31,33H,10,14,16-20H2,1-3H3,(H,34,35)/t26-/m1/s1. The van der Waals surface area contributed by atoms with Gasteiger partial charge in [0.2, 0.25) is 0 Å². The molecule has 39 heavy (non-hydrogen) atoms. The van der Waals surface area contributed by atoms with Crippen LogP contribution in [0.5, 0.6) is 0 Å². The Bertz CT molecular complexity index is 1360. The van der Waals surface area contributed by atoms with E-state index in [0.29, 0.717) is 18.9 Å². The molecule has 0 spiro atoms. The summed E-state index contributed by atoms with van der Waals surface area (Å²) in [5.74, 6) is -0.282. The first-order chi connectivity index (χ1) is 18.4. The maximum Gasteiger partial charge on any atom is 0.303 e. The van der Waals surface area contributed by atoms with Crippen LogP contribution in [0.2, 0.25) is 0 Å². The van der Waals surface area contributed by atoms with E-state index >= 15 is 0 Å². The second kappa shape index (κ2) is 12.3. The van der Waals surface area contributed by atoms with Crippen LogP contribution in [0.3, 0.4) is 0 Å². The highest BCUT2D eigenvalue weighted by Crippen LogP contribution is 2.33. The van der Waals surface area contributed by atoms with Gasteiger partial charge in [-0.2, -0.15) is 4.31 Å². The van der Waals surface area contributed by atoms with Gasteiger partial charge in [0.25, 0.3) is 10.0 Å². The van der Waals surface area contributed by atoms with Gasteiger partial charge in [-0.25, -0.2) is 8.42 Å². The molecule has 3 aromatic rings. The predicted octanol–water partition coefficient (Wildman–Crippen LogP) is 4.59. The van der Waals surface area contributed by atoms with Crippen molar-refractivity contribution in [2.24, 2.45) is 5.92 Å². The number of β-amino-alcohol motifs (C(OH)–C–C–N with tert-alkyl or cyclic N) is 1. The summed E-state index contributed by atoms with van der Waals surface area (Å²) < 4.78 is 27.8. The quantitative estimate of drug-likeness (QED) is 0.278. The Kier molecular flexibility index (Phi) is 9.29. The molecule has 210 valence electrons. The minimum Gasteiger partial charge on any atom is -0.481 e. The van der Waals surface area contributed by atoms with E-state index in [1.807, 2.05) is 24.3 Å². The molecule has 0 fully saturated rings. The highest BCUT2D eigenvalue weighted by Gasteiger charge is 2.30. The molecule has 0 amide bonds. The lowest BCUT2D eigenvalue weighted by Crippen LogP contribution is -2.47. The molecule has 7 nitrogen and oxygen atoms in total. The van der Waals surface area contributed by atoms with Gasteiger partial charge in [-0.15, -0.1) is 11.3 Å². The van der Waals surface area contributed by atoms with Gasteiger partial charge in [-0.3, -0.25) is 4.79 Å². The minimum atomic E-state index is -3.75. The molecule has 0 bridgehead atoms. The van der Waals surface area contributed by atoms with Crippen LogP contribution in [0.15, 0.2) is 64.9 Å². The first-order valence-electron chi connectivity index (χ1n) is 13.3. The fourth-order valence-corrected chi connectivity index (χ4v) is 8.03. The number of aliphatic hydroxyl groups excluding tert-OH is 1. The first-order valence-corrected chi connectivity index (χ1v) is 15.6. The smallest absolute Gasteiger partial charge is 0.303 e. The molecule has 9 heteroatoms. The maximum atomic E-state index is 13.2. The molecule has 4 rings (SSSR count). The molecule has 0 saturated carbocycles. The summed E-state index contributed by atoms with van der Waals surface area (Å²) in [6.45, 7) is 4.56. The number of nitrogens with zero attached hydrogens (tertiary/aromatic N) is 1. The van der Waals surface area contributed by atoms with Crippen LogP contribution in [-0.4, -0.2) is 60.7 Å². The Hall–Kier alpha value is -2.56. The zero-order chi connectivity index (χ0) is 28.2. The number of aliphatic hydroxyl groups is 1. The molecule has 3 N–H and O–H groups in total. The highest BCUT2D eigenvalue weighted by molar-refractivity contribution is 7.91. The van der Waals surface area contributed by atoms with Crippen molar-refractivity contribution < 1.29 is 23.4 Å². The van der Waals surface area contributed by atoms with Crippen molar-refractivity contribution >= 4 is 27.3 Å². The topological polar surface area (TPSA) is 107 Å². The molecule has 1 atom stereocenters. The van der Waals surface area contributed by atoms with Crippen LogP contribution in [0.25, 0.3) is 10.4 Å². The summed E-state index contributed by atoms with van der Waals surface area (Å²) in [4.78, 5) is 11.6. The van der Waals surface area contributed by atoms with Crippen molar-refractivity contribution in [2.45, 2.75) is 61.8 Å². The fourth-order valence-electron chi connectivity index (χ4n) is 5.30. The highest BCUT2D eigenvalue weighted by atomic mass is 32.2.